The van der Waals surface area contributed by atoms with E-state index in [9.17, 15) is 0 Å². The Bertz CT molecular complexity index is 142. The van der Waals surface area contributed by atoms with Gasteiger partial charge in [-0.25, -0.2) is 0 Å². The van der Waals surface area contributed by atoms with Crippen LogP contribution in [0.4, 0.5) is 0 Å². The second-order valence-electron chi connectivity index (χ2n) is 4.65. The summed E-state index contributed by atoms with van der Waals surface area (Å²) in [6.45, 7) is 7.09. The van der Waals surface area contributed by atoms with E-state index < -0.39 is 0 Å². The molecule has 0 aromatic rings. The molecule has 1 rings (SSSR count). The fourth-order valence-electron chi connectivity index (χ4n) is 1.64. The van der Waals surface area contributed by atoms with Gasteiger partial charge in [-0.1, -0.05) is 32.9 Å². The van der Waals surface area contributed by atoms with Gasteiger partial charge in [-0.05, 0) is 37.0 Å². The average molecular weight is 152 g/mol. The van der Waals surface area contributed by atoms with Gasteiger partial charge < -0.3 is 0 Å². The molecule has 0 spiro atoms. The van der Waals surface area contributed by atoms with Gasteiger partial charge in [0.05, 0.1) is 0 Å². The molecule has 0 bridgehead atoms. The first-order valence-corrected chi connectivity index (χ1v) is 4.77. The van der Waals surface area contributed by atoms with E-state index in [1.165, 1.54) is 25.7 Å². The first kappa shape index (κ1) is 8.83. The number of allylic oxidation sites excluding steroid dienone is 2. The van der Waals surface area contributed by atoms with Crippen molar-refractivity contribution in [2.45, 2.75) is 46.5 Å². The van der Waals surface area contributed by atoms with Crippen molar-refractivity contribution in [3.05, 3.63) is 12.2 Å². The van der Waals surface area contributed by atoms with E-state index in [-0.39, 0.29) is 0 Å². The van der Waals surface area contributed by atoms with E-state index in [1.807, 2.05) is 0 Å². The van der Waals surface area contributed by atoms with Crippen LogP contribution in [0.25, 0.3) is 0 Å². The third-order valence-electron chi connectivity index (χ3n) is 2.73. The highest BCUT2D eigenvalue weighted by Crippen LogP contribution is 2.32. The maximum Gasteiger partial charge on any atom is -0.0262 e. The molecule has 0 saturated carbocycles. The van der Waals surface area contributed by atoms with Crippen molar-refractivity contribution in [2.24, 2.45) is 11.3 Å². The highest BCUT2D eigenvalue weighted by atomic mass is 14.2. The Labute approximate surface area is 70.7 Å². The van der Waals surface area contributed by atoms with Crippen molar-refractivity contribution in [3.63, 3.8) is 0 Å². The van der Waals surface area contributed by atoms with Crippen LogP contribution in [0, 0.1) is 11.3 Å². The molecule has 1 aliphatic rings. The SMILES string of the molecule is C[C@H]1/C=C/CCC(C)(C)CC1. The maximum atomic E-state index is 2.39. The molecule has 0 aromatic heterocycles. The van der Waals surface area contributed by atoms with Crippen LogP contribution >= 0.6 is 0 Å². The standard InChI is InChI=1S/C11H20/c1-10-6-4-5-8-11(2,3)9-7-10/h4,6,10H,5,7-9H2,1-3H3/b6-4+/t10-/m0/s1. The predicted molar refractivity (Wildman–Crippen MR) is 50.6 cm³/mol. The minimum Gasteiger partial charge on any atom is -0.0883 e. The highest BCUT2D eigenvalue weighted by Gasteiger charge is 2.18. The summed E-state index contributed by atoms with van der Waals surface area (Å²) < 4.78 is 0. The average Bonchev–Trinajstić information content (AvgIpc) is 1.92. The van der Waals surface area contributed by atoms with E-state index in [0.717, 1.165) is 5.92 Å². The summed E-state index contributed by atoms with van der Waals surface area (Å²) in [4.78, 5) is 0. The molecule has 0 heterocycles. The quantitative estimate of drug-likeness (QED) is 0.463. The van der Waals surface area contributed by atoms with Crippen LogP contribution in [0.15, 0.2) is 12.2 Å². The molecule has 11 heavy (non-hydrogen) atoms. The fourth-order valence-corrected chi connectivity index (χ4v) is 1.64. The molecule has 64 valence electrons. The van der Waals surface area contributed by atoms with Gasteiger partial charge in [0.25, 0.3) is 0 Å². The molecular weight excluding hydrogens is 132 g/mol. The first-order chi connectivity index (χ1) is 5.10. The Hall–Kier alpha value is -0.260. The summed E-state index contributed by atoms with van der Waals surface area (Å²) in [5.41, 5.74) is 0.582. The summed E-state index contributed by atoms with van der Waals surface area (Å²) >= 11 is 0. The zero-order valence-electron chi connectivity index (χ0n) is 8.06. The molecule has 0 fully saturated rings. The second-order valence-corrected chi connectivity index (χ2v) is 4.65. The Kier molecular flexibility index (Phi) is 2.75. The molecule has 1 atom stereocenters. The highest BCUT2D eigenvalue weighted by molar-refractivity contribution is 4.91. The van der Waals surface area contributed by atoms with Gasteiger partial charge in [0.15, 0.2) is 0 Å². The topological polar surface area (TPSA) is 0 Å². The molecule has 0 saturated heterocycles. The Morgan fingerprint density at radius 3 is 2.73 bits per heavy atom. The lowest BCUT2D eigenvalue weighted by Crippen LogP contribution is -2.13. The largest absolute Gasteiger partial charge is 0.0883 e. The zero-order chi connectivity index (χ0) is 8.32. The lowest BCUT2D eigenvalue weighted by Gasteiger charge is -2.26. The van der Waals surface area contributed by atoms with Crippen LogP contribution in [-0.2, 0) is 0 Å². The summed E-state index contributed by atoms with van der Waals surface area (Å²) in [6.07, 6.45) is 10.1. The molecule has 0 heteroatoms. The molecule has 1 aliphatic carbocycles. The van der Waals surface area contributed by atoms with Crippen LogP contribution in [0.2, 0.25) is 0 Å². The van der Waals surface area contributed by atoms with Crippen molar-refractivity contribution in [1.82, 2.24) is 0 Å². The van der Waals surface area contributed by atoms with Crippen molar-refractivity contribution < 1.29 is 0 Å². The zero-order valence-corrected chi connectivity index (χ0v) is 8.06. The minimum absolute atomic E-state index is 0.582. The normalized spacial score (nSPS) is 33.9. The Morgan fingerprint density at radius 1 is 1.27 bits per heavy atom. The Balaban J connectivity index is 2.51. The van der Waals surface area contributed by atoms with E-state index >= 15 is 0 Å². The molecule has 0 radical (unpaired) electrons. The van der Waals surface area contributed by atoms with Crippen molar-refractivity contribution in [2.75, 3.05) is 0 Å². The van der Waals surface area contributed by atoms with E-state index in [1.54, 1.807) is 0 Å². The third-order valence-corrected chi connectivity index (χ3v) is 2.73. The molecule has 0 amide bonds. The number of hydrogen-bond acceptors (Lipinski definition) is 0. The van der Waals surface area contributed by atoms with Crippen molar-refractivity contribution in [3.8, 4) is 0 Å². The lowest BCUT2D eigenvalue weighted by atomic mass is 9.79. The van der Waals surface area contributed by atoms with Gasteiger partial charge in [-0.3, -0.25) is 0 Å². The smallest absolute Gasteiger partial charge is 0.0262 e. The molecule has 0 unspecified atom stereocenters. The van der Waals surface area contributed by atoms with Crippen LogP contribution in [-0.4, -0.2) is 0 Å². The van der Waals surface area contributed by atoms with Gasteiger partial charge in [-0.2, -0.15) is 0 Å². The first-order valence-electron chi connectivity index (χ1n) is 4.77. The van der Waals surface area contributed by atoms with Crippen LogP contribution < -0.4 is 0 Å². The van der Waals surface area contributed by atoms with E-state index in [0.29, 0.717) is 5.41 Å². The molecule has 0 aliphatic heterocycles. The van der Waals surface area contributed by atoms with Gasteiger partial charge >= 0.3 is 0 Å². The van der Waals surface area contributed by atoms with Crippen molar-refractivity contribution >= 4 is 0 Å². The van der Waals surface area contributed by atoms with E-state index in [2.05, 4.69) is 32.9 Å². The monoisotopic (exact) mass is 152 g/mol. The summed E-state index contributed by atoms with van der Waals surface area (Å²) in [7, 11) is 0. The Morgan fingerprint density at radius 2 is 2.00 bits per heavy atom. The fraction of sp³-hybridized carbons (Fsp3) is 0.818. The van der Waals surface area contributed by atoms with Gasteiger partial charge in [0.1, 0.15) is 0 Å². The maximum absolute atomic E-state index is 2.39. The minimum atomic E-state index is 0.582. The predicted octanol–water partition coefficient (Wildman–Crippen LogP) is 3.78. The number of rotatable bonds is 0. The number of hydrogen-bond donors (Lipinski definition) is 0. The van der Waals surface area contributed by atoms with Crippen LogP contribution in [0.1, 0.15) is 46.5 Å². The van der Waals surface area contributed by atoms with Crippen LogP contribution in [0.5, 0.6) is 0 Å². The molecule has 0 aromatic carbocycles. The lowest BCUT2D eigenvalue weighted by molar-refractivity contribution is 0.284. The van der Waals surface area contributed by atoms with Gasteiger partial charge in [0.2, 0.25) is 0 Å². The summed E-state index contributed by atoms with van der Waals surface area (Å²) in [6, 6.07) is 0. The molecule has 0 N–H and O–H groups in total. The van der Waals surface area contributed by atoms with E-state index in [4.69, 9.17) is 0 Å². The van der Waals surface area contributed by atoms with Gasteiger partial charge in [0, 0.05) is 0 Å². The third kappa shape index (κ3) is 3.09. The second kappa shape index (κ2) is 3.42. The van der Waals surface area contributed by atoms with Gasteiger partial charge in [-0.15, -0.1) is 0 Å². The summed E-state index contributed by atoms with van der Waals surface area (Å²) in [5, 5.41) is 0. The molecule has 0 nitrogen and oxygen atoms in total. The van der Waals surface area contributed by atoms with Crippen LogP contribution in [0.3, 0.4) is 0 Å². The molecular formula is C11H20. The summed E-state index contributed by atoms with van der Waals surface area (Å²) in [5.74, 6) is 0.801. The van der Waals surface area contributed by atoms with Crippen molar-refractivity contribution in [1.29, 1.82) is 0 Å².